The van der Waals surface area contributed by atoms with Gasteiger partial charge in [-0.05, 0) is 57.3 Å². The third-order valence-corrected chi connectivity index (χ3v) is 10.6. The van der Waals surface area contributed by atoms with E-state index in [4.69, 9.17) is 9.47 Å². The molecule has 230 valence electrons. The highest BCUT2D eigenvalue weighted by Gasteiger charge is 2.79. The van der Waals surface area contributed by atoms with Crippen molar-refractivity contribution in [1.29, 1.82) is 0 Å². The molecule has 4 aliphatic rings. The number of ether oxygens (including phenoxy) is 2. The van der Waals surface area contributed by atoms with E-state index >= 15 is 0 Å². The molecular weight excluding hydrogens is 520 g/mol. The zero-order chi connectivity index (χ0) is 29.8. The molecule has 0 aromatic heterocycles. The molecule has 3 heterocycles. The highest BCUT2D eigenvalue weighted by atomic mass is 16.6. The molecule has 3 aliphatic heterocycles. The highest BCUT2D eigenvalue weighted by Crippen LogP contribution is 2.65. The van der Waals surface area contributed by atoms with Crippen molar-refractivity contribution in [3.05, 3.63) is 25.3 Å². The number of allylic oxidation sites excluding steroid dienone is 1. The number of hydrogen-bond acceptors (Lipinski definition) is 6. The van der Waals surface area contributed by atoms with Gasteiger partial charge in [-0.25, -0.2) is 0 Å². The summed E-state index contributed by atoms with van der Waals surface area (Å²) in [5.41, 5.74) is -1.95. The van der Waals surface area contributed by atoms with Crippen LogP contribution in [-0.4, -0.2) is 81.8 Å². The molecule has 4 rings (SSSR count). The van der Waals surface area contributed by atoms with E-state index in [9.17, 15) is 19.5 Å². The van der Waals surface area contributed by atoms with Gasteiger partial charge >= 0.3 is 5.97 Å². The molecule has 1 saturated carbocycles. The fraction of sp³-hybridized carbons (Fsp3) is 0.788. The van der Waals surface area contributed by atoms with Crippen molar-refractivity contribution in [2.75, 3.05) is 19.8 Å². The first-order chi connectivity index (χ1) is 19.8. The van der Waals surface area contributed by atoms with Crippen molar-refractivity contribution < 1.29 is 29.0 Å². The minimum absolute atomic E-state index is 0.0374. The summed E-state index contributed by atoms with van der Waals surface area (Å²) in [7, 11) is 0. The monoisotopic (exact) mass is 572 g/mol. The molecule has 8 heteroatoms. The van der Waals surface area contributed by atoms with Gasteiger partial charge in [-0.15, -0.1) is 13.2 Å². The van der Waals surface area contributed by atoms with Crippen molar-refractivity contribution in [2.45, 2.75) is 127 Å². The molecule has 7 atom stereocenters. The lowest BCUT2D eigenvalue weighted by atomic mass is 9.65. The molecule has 1 N–H and O–H groups in total. The summed E-state index contributed by atoms with van der Waals surface area (Å²) in [5, 5.41) is 10.6. The number of amides is 2. The number of fused-ring (bicyclic) bond motifs is 1. The largest absolute Gasteiger partial charge is 0.465 e. The van der Waals surface area contributed by atoms with Gasteiger partial charge in [0.25, 0.3) is 0 Å². The van der Waals surface area contributed by atoms with Gasteiger partial charge in [0.15, 0.2) is 0 Å². The summed E-state index contributed by atoms with van der Waals surface area (Å²) in [6.07, 6.45) is 13.6. The van der Waals surface area contributed by atoms with Gasteiger partial charge in [0.05, 0.1) is 30.8 Å². The maximum Gasteiger partial charge on any atom is 0.312 e. The molecule has 4 fully saturated rings. The Morgan fingerprint density at radius 1 is 1.17 bits per heavy atom. The van der Waals surface area contributed by atoms with Gasteiger partial charge in [0.1, 0.15) is 17.6 Å². The summed E-state index contributed by atoms with van der Waals surface area (Å²) < 4.78 is 12.7. The van der Waals surface area contributed by atoms with Crippen LogP contribution in [0.1, 0.15) is 97.8 Å². The third-order valence-electron chi connectivity index (χ3n) is 10.6. The van der Waals surface area contributed by atoms with Gasteiger partial charge in [0.2, 0.25) is 11.8 Å². The van der Waals surface area contributed by atoms with Crippen LogP contribution < -0.4 is 0 Å². The van der Waals surface area contributed by atoms with Crippen LogP contribution in [0.25, 0.3) is 0 Å². The first-order valence-electron chi connectivity index (χ1n) is 16.1. The van der Waals surface area contributed by atoms with Gasteiger partial charge in [-0.1, -0.05) is 58.6 Å². The predicted molar refractivity (Wildman–Crippen MR) is 158 cm³/mol. The second-order valence-corrected chi connectivity index (χ2v) is 12.7. The lowest BCUT2D eigenvalue weighted by molar-refractivity contribution is -0.165. The van der Waals surface area contributed by atoms with Crippen LogP contribution in [-0.2, 0) is 23.9 Å². The van der Waals surface area contributed by atoms with Crippen LogP contribution in [0, 0.1) is 17.8 Å². The Hall–Kier alpha value is -2.19. The molecule has 2 unspecified atom stereocenters. The second kappa shape index (κ2) is 13.4. The molecule has 2 amide bonds. The molecule has 41 heavy (non-hydrogen) atoms. The van der Waals surface area contributed by atoms with Crippen molar-refractivity contribution in [3.63, 3.8) is 0 Å². The first-order valence-corrected chi connectivity index (χ1v) is 16.1. The van der Waals surface area contributed by atoms with E-state index in [2.05, 4.69) is 13.2 Å². The molecule has 0 radical (unpaired) electrons. The number of aliphatic hydroxyl groups is 1. The number of carbonyl (C=O) groups excluding carboxylic acids is 3. The molecule has 0 aromatic carbocycles. The van der Waals surface area contributed by atoms with E-state index in [0.29, 0.717) is 25.8 Å². The van der Waals surface area contributed by atoms with E-state index in [0.717, 1.165) is 57.8 Å². The number of nitrogens with zero attached hydrogens (tertiary/aromatic N) is 2. The fourth-order valence-corrected chi connectivity index (χ4v) is 8.23. The van der Waals surface area contributed by atoms with Crippen molar-refractivity contribution in [2.24, 2.45) is 17.8 Å². The Labute approximate surface area is 246 Å². The highest BCUT2D eigenvalue weighted by molar-refractivity contribution is 5.99. The van der Waals surface area contributed by atoms with E-state index in [1.54, 1.807) is 11.0 Å². The van der Waals surface area contributed by atoms with Crippen LogP contribution in [0.15, 0.2) is 25.3 Å². The minimum atomic E-state index is -1.12. The molecule has 3 saturated heterocycles. The second-order valence-electron chi connectivity index (χ2n) is 12.7. The Morgan fingerprint density at radius 3 is 2.51 bits per heavy atom. The predicted octanol–water partition coefficient (Wildman–Crippen LogP) is 4.80. The SMILES string of the molecule is C=CCCCCOC(=O)[C@H]1[C@H]2C(=O)N([C@@H](CO)[C@@H](C)CC)C(C(=O)N(CC=C)C3CCCCC3)C23CC[C@]1(CC)O3. The maximum atomic E-state index is 14.8. The van der Waals surface area contributed by atoms with Crippen LogP contribution in [0.3, 0.4) is 0 Å². The number of unbranched alkanes of at least 4 members (excludes halogenated alkanes) is 2. The van der Waals surface area contributed by atoms with Gasteiger partial charge < -0.3 is 24.4 Å². The fourth-order valence-electron chi connectivity index (χ4n) is 8.23. The van der Waals surface area contributed by atoms with E-state index in [1.165, 1.54) is 0 Å². The van der Waals surface area contributed by atoms with Crippen LogP contribution >= 0.6 is 0 Å². The summed E-state index contributed by atoms with van der Waals surface area (Å²) in [6, 6.07) is -1.37. The summed E-state index contributed by atoms with van der Waals surface area (Å²) in [6.45, 7) is 14.1. The molecular formula is C33H52N2O6. The number of carbonyl (C=O) groups is 3. The molecule has 2 bridgehead atoms. The van der Waals surface area contributed by atoms with E-state index in [1.807, 2.05) is 31.7 Å². The van der Waals surface area contributed by atoms with Crippen LogP contribution in [0.2, 0.25) is 0 Å². The maximum absolute atomic E-state index is 14.8. The number of hydrogen-bond donors (Lipinski definition) is 1. The number of aliphatic hydroxyl groups excluding tert-OH is 1. The number of likely N-dealkylation sites (tertiary alicyclic amines) is 1. The Morgan fingerprint density at radius 2 is 1.90 bits per heavy atom. The summed E-state index contributed by atoms with van der Waals surface area (Å²) in [5.74, 6) is -2.41. The molecule has 1 spiro atoms. The lowest BCUT2D eigenvalue weighted by Gasteiger charge is -2.43. The number of esters is 1. The quantitative estimate of drug-likeness (QED) is 0.172. The van der Waals surface area contributed by atoms with Crippen molar-refractivity contribution >= 4 is 17.8 Å². The van der Waals surface area contributed by atoms with Crippen LogP contribution in [0.5, 0.6) is 0 Å². The lowest BCUT2D eigenvalue weighted by Crippen LogP contribution is -2.61. The van der Waals surface area contributed by atoms with Crippen molar-refractivity contribution in [3.8, 4) is 0 Å². The standard InChI is InChI=1S/C33H52N2O6/c1-6-10-11-15-21-40-31(39)27-26-29(37)35(25(22-36)23(5)8-3)28(33(26)19-18-32(27,9-4)41-33)30(38)34(20-7-2)24-16-13-12-14-17-24/h6-7,23-28,36H,1-2,8-22H2,3-5H3/t23-,25-,26-,27+,28?,32-,33?/m0/s1. The third kappa shape index (κ3) is 5.51. The first kappa shape index (κ1) is 31.7. The van der Waals surface area contributed by atoms with Crippen LogP contribution in [0.4, 0.5) is 0 Å². The van der Waals surface area contributed by atoms with Crippen molar-refractivity contribution in [1.82, 2.24) is 9.80 Å². The summed E-state index contributed by atoms with van der Waals surface area (Å²) in [4.78, 5) is 46.7. The Kier molecular flexibility index (Phi) is 10.4. The zero-order valence-corrected chi connectivity index (χ0v) is 25.5. The topological polar surface area (TPSA) is 96.4 Å². The van der Waals surface area contributed by atoms with E-state index < -0.39 is 41.1 Å². The smallest absolute Gasteiger partial charge is 0.312 e. The van der Waals surface area contributed by atoms with E-state index in [-0.39, 0.29) is 37.0 Å². The Balaban J connectivity index is 1.75. The average molecular weight is 573 g/mol. The number of rotatable bonds is 15. The van der Waals surface area contributed by atoms with Gasteiger partial charge in [-0.2, -0.15) is 0 Å². The molecule has 8 nitrogen and oxygen atoms in total. The normalized spacial score (nSPS) is 32.4. The molecule has 0 aromatic rings. The minimum Gasteiger partial charge on any atom is -0.465 e. The summed E-state index contributed by atoms with van der Waals surface area (Å²) >= 11 is 0. The average Bonchev–Trinajstić information content (AvgIpc) is 3.60. The molecule has 1 aliphatic carbocycles. The Bertz CT molecular complexity index is 979. The van der Waals surface area contributed by atoms with Gasteiger partial charge in [-0.3, -0.25) is 14.4 Å². The van der Waals surface area contributed by atoms with Gasteiger partial charge in [0, 0.05) is 12.6 Å². The zero-order valence-electron chi connectivity index (χ0n) is 25.5.